The van der Waals surface area contributed by atoms with E-state index < -0.39 is 0 Å². The maximum atomic E-state index is 12.0. The molecule has 0 saturated heterocycles. The number of amides is 1. The van der Waals surface area contributed by atoms with Crippen molar-refractivity contribution in [1.82, 2.24) is 14.7 Å². The van der Waals surface area contributed by atoms with Crippen LogP contribution in [-0.2, 0) is 18.3 Å². The summed E-state index contributed by atoms with van der Waals surface area (Å²) in [6.45, 7) is 9.51. The smallest absolute Gasteiger partial charge is 0.227 e. The van der Waals surface area contributed by atoms with Gasteiger partial charge in [-0.3, -0.25) is 9.48 Å². The molecule has 0 aliphatic carbocycles. The predicted molar refractivity (Wildman–Crippen MR) is 64.3 cm³/mol. The van der Waals surface area contributed by atoms with Crippen molar-refractivity contribution in [3.05, 3.63) is 17.0 Å². The van der Waals surface area contributed by atoms with E-state index in [1.165, 1.54) is 0 Å². The first-order valence-electron chi connectivity index (χ1n) is 5.78. The van der Waals surface area contributed by atoms with Gasteiger partial charge >= 0.3 is 0 Å². The topological polar surface area (TPSA) is 38.1 Å². The van der Waals surface area contributed by atoms with Crippen LogP contribution in [0.2, 0.25) is 0 Å². The molecule has 0 radical (unpaired) electrons. The Labute approximate surface area is 97.2 Å². The van der Waals surface area contributed by atoms with Crippen LogP contribution in [-0.4, -0.2) is 33.7 Å². The molecule has 0 aromatic carbocycles. The standard InChI is InChI=1S/C12H21N3O/c1-6-15(7-2)12(16)8-11-9(3)13-14(5)10(11)4/h6-8H2,1-5H3. The molecule has 0 unspecified atom stereocenters. The van der Waals surface area contributed by atoms with E-state index in [1.54, 1.807) is 0 Å². The minimum Gasteiger partial charge on any atom is -0.343 e. The van der Waals surface area contributed by atoms with Crippen LogP contribution in [0.4, 0.5) is 0 Å². The Kier molecular flexibility index (Phi) is 4.10. The molecule has 90 valence electrons. The minimum atomic E-state index is 0.184. The molecule has 0 aliphatic rings. The van der Waals surface area contributed by atoms with E-state index in [0.717, 1.165) is 30.0 Å². The van der Waals surface area contributed by atoms with E-state index in [-0.39, 0.29) is 5.91 Å². The molecule has 0 bridgehead atoms. The van der Waals surface area contributed by atoms with Crippen LogP contribution in [0.25, 0.3) is 0 Å². The van der Waals surface area contributed by atoms with Crippen LogP contribution < -0.4 is 0 Å². The van der Waals surface area contributed by atoms with Crippen LogP contribution in [0.15, 0.2) is 0 Å². The second kappa shape index (κ2) is 5.14. The van der Waals surface area contributed by atoms with E-state index in [1.807, 2.05) is 44.3 Å². The number of nitrogens with zero attached hydrogens (tertiary/aromatic N) is 3. The highest BCUT2D eigenvalue weighted by molar-refractivity contribution is 5.79. The summed E-state index contributed by atoms with van der Waals surface area (Å²) in [5.74, 6) is 0.184. The third-order valence-electron chi connectivity index (χ3n) is 3.10. The zero-order valence-corrected chi connectivity index (χ0v) is 10.9. The summed E-state index contributed by atoms with van der Waals surface area (Å²) < 4.78 is 1.83. The Morgan fingerprint density at radius 2 is 1.88 bits per heavy atom. The molecule has 0 saturated carbocycles. The van der Waals surface area contributed by atoms with Gasteiger partial charge in [-0.25, -0.2) is 0 Å². The van der Waals surface area contributed by atoms with Gasteiger partial charge < -0.3 is 4.90 Å². The van der Waals surface area contributed by atoms with Crippen LogP contribution in [0.5, 0.6) is 0 Å². The average molecular weight is 223 g/mol. The van der Waals surface area contributed by atoms with Gasteiger partial charge in [-0.05, 0) is 27.7 Å². The van der Waals surface area contributed by atoms with Crippen molar-refractivity contribution in [3.8, 4) is 0 Å². The van der Waals surface area contributed by atoms with Gasteiger partial charge in [-0.15, -0.1) is 0 Å². The molecule has 0 N–H and O–H groups in total. The van der Waals surface area contributed by atoms with Gasteiger partial charge in [0.2, 0.25) is 5.91 Å². The Morgan fingerprint density at radius 1 is 1.31 bits per heavy atom. The number of carbonyl (C=O) groups excluding carboxylic acids is 1. The fourth-order valence-corrected chi connectivity index (χ4v) is 1.91. The van der Waals surface area contributed by atoms with Crippen molar-refractivity contribution in [3.63, 3.8) is 0 Å². The summed E-state index contributed by atoms with van der Waals surface area (Å²) in [5, 5.41) is 4.32. The number of aromatic nitrogens is 2. The largest absolute Gasteiger partial charge is 0.343 e. The molecule has 1 aromatic heterocycles. The van der Waals surface area contributed by atoms with Crippen LogP contribution in [0.3, 0.4) is 0 Å². The lowest BCUT2D eigenvalue weighted by Crippen LogP contribution is -2.32. The van der Waals surface area contributed by atoms with Gasteiger partial charge in [-0.2, -0.15) is 5.10 Å². The molecule has 0 atom stereocenters. The zero-order chi connectivity index (χ0) is 12.3. The van der Waals surface area contributed by atoms with Gasteiger partial charge in [0.15, 0.2) is 0 Å². The van der Waals surface area contributed by atoms with Gasteiger partial charge in [-0.1, -0.05) is 0 Å². The van der Waals surface area contributed by atoms with Crippen molar-refractivity contribution >= 4 is 5.91 Å². The van der Waals surface area contributed by atoms with Crippen molar-refractivity contribution < 1.29 is 4.79 Å². The molecular weight excluding hydrogens is 202 g/mol. The molecule has 1 rings (SSSR count). The van der Waals surface area contributed by atoms with E-state index in [2.05, 4.69) is 5.10 Å². The van der Waals surface area contributed by atoms with Crippen molar-refractivity contribution in [1.29, 1.82) is 0 Å². The lowest BCUT2D eigenvalue weighted by Gasteiger charge is -2.18. The quantitative estimate of drug-likeness (QED) is 0.775. The van der Waals surface area contributed by atoms with E-state index in [9.17, 15) is 4.79 Å². The Hall–Kier alpha value is -1.32. The van der Waals surface area contributed by atoms with Crippen LogP contribution in [0.1, 0.15) is 30.8 Å². The molecule has 0 aliphatic heterocycles. The Morgan fingerprint density at radius 3 is 2.25 bits per heavy atom. The zero-order valence-electron chi connectivity index (χ0n) is 10.9. The normalized spacial score (nSPS) is 10.6. The molecule has 1 amide bonds. The number of carbonyl (C=O) groups is 1. The number of likely N-dealkylation sites (N-methyl/N-ethyl adjacent to an activating group) is 1. The molecular formula is C12H21N3O. The Bertz CT molecular complexity index is 378. The van der Waals surface area contributed by atoms with E-state index in [0.29, 0.717) is 6.42 Å². The second-order valence-corrected chi connectivity index (χ2v) is 4.02. The second-order valence-electron chi connectivity index (χ2n) is 4.02. The lowest BCUT2D eigenvalue weighted by atomic mass is 10.1. The van der Waals surface area contributed by atoms with Crippen LogP contribution >= 0.6 is 0 Å². The highest BCUT2D eigenvalue weighted by Crippen LogP contribution is 2.13. The molecule has 4 heteroatoms. The molecule has 1 heterocycles. The van der Waals surface area contributed by atoms with Crippen molar-refractivity contribution in [2.45, 2.75) is 34.1 Å². The highest BCUT2D eigenvalue weighted by Gasteiger charge is 2.16. The predicted octanol–water partition coefficient (Wildman–Crippen LogP) is 1.45. The van der Waals surface area contributed by atoms with E-state index >= 15 is 0 Å². The molecule has 0 fully saturated rings. The van der Waals surface area contributed by atoms with Crippen molar-refractivity contribution in [2.24, 2.45) is 7.05 Å². The van der Waals surface area contributed by atoms with Gasteiger partial charge in [0.1, 0.15) is 0 Å². The third-order valence-corrected chi connectivity index (χ3v) is 3.10. The van der Waals surface area contributed by atoms with Gasteiger partial charge in [0, 0.05) is 31.4 Å². The molecule has 1 aromatic rings. The molecule has 16 heavy (non-hydrogen) atoms. The first kappa shape index (κ1) is 12.7. The maximum absolute atomic E-state index is 12.0. The number of aryl methyl sites for hydroxylation is 2. The summed E-state index contributed by atoms with van der Waals surface area (Å²) >= 11 is 0. The maximum Gasteiger partial charge on any atom is 0.227 e. The van der Waals surface area contributed by atoms with Crippen LogP contribution in [0, 0.1) is 13.8 Å². The summed E-state index contributed by atoms with van der Waals surface area (Å²) in [7, 11) is 1.91. The minimum absolute atomic E-state index is 0.184. The third kappa shape index (κ3) is 2.43. The average Bonchev–Trinajstić information content (AvgIpc) is 2.47. The van der Waals surface area contributed by atoms with Gasteiger partial charge in [0.05, 0.1) is 12.1 Å². The summed E-state index contributed by atoms with van der Waals surface area (Å²) in [6.07, 6.45) is 0.465. The first-order valence-corrected chi connectivity index (χ1v) is 5.78. The highest BCUT2D eigenvalue weighted by atomic mass is 16.2. The monoisotopic (exact) mass is 223 g/mol. The summed E-state index contributed by atoms with van der Waals surface area (Å²) in [6, 6.07) is 0. The number of hydrogen-bond donors (Lipinski definition) is 0. The fraction of sp³-hybridized carbons (Fsp3) is 0.667. The molecule has 4 nitrogen and oxygen atoms in total. The van der Waals surface area contributed by atoms with Crippen molar-refractivity contribution in [2.75, 3.05) is 13.1 Å². The first-order chi connectivity index (χ1) is 7.51. The summed E-state index contributed by atoms with van der Waals surface area (Å²) in [4.78, 5) is 13.8. The fourth-order valence-electron chi connectivity index (χ4n) is 1.91. The lowest BCUT2D eigenvalue weighted by molar-refractivity contribution is -0.130. The summed E-state index contributed by atoms with van der Waals surface area (Å²) in [5.41, 5.74) is 3.11. The number of rotatable bonds is 4. The van der Waals surface area contributed by atoms with E-state index in [4.69, 9.17) is 0 Å². The molecule has 0 spiro atoms. The Balaban J connectivity index is 2.84. The van der Waals surface area contributed by atoms with Gasteiger partial charge in [0.25, 0.3) is 0 Å². The SMILES string of the molecule is CCN(CC)C(=O)Cc1c(C)nn(C)c1C. The number of hydrogen-bond acceptors (Lipinski definition) is 2.